The van der Waals surface area contributed by atoms with Crippen LogP contribution in [0.3, 0.4) is 0 Å². The van der Waals surface area contributed by atoms with Gasteiger partial charge in [-0.25, -0.2) is 4.98 Å². The summed E-state index contributed by atoms with van der Waals surface area (Å²) in [6.07, 6.45) is 6.82. The number of nitrogens with zero attached hydrogens (tertiary/aromatic N) is 2. The van der Waals surface area contributed by atoms with E-state index in [0.717, 1.165) is 5.70 Å². The number of ether oxygens (including phenoxy) is 1. The molecule has 2 atom stereocenters. The van der Waals surface area contributed by atoms with Crippen LogP contribution in [0.25, 0.3) is 16.8 Å². The average molecular weight is 614 g/mol. The molecule has 0 spiro atoms. The lowest BCUT2D eigenvalue weighted by Gasteiger charge is -2.22. The number of nitrogens with two attached hydrogens (primary N) is 1. The van der Waals surface area contributed by atoms with E-state index in [2.05, 4.69) is 27.5 Å². The monoisotopic (exact) mass is 612 g/mol. The quantitative estimate of drug-likeness (QED) is 0.117. The van der Waals surface area contributed by atoms with Gasteiger partial charge in [-0.3, -0.25) is 9.59 Å². The molecule has 1 aromatic heterocycles. The number of anilines is 2. The number of halogens is 3. The summed E-state index contributed by atoms with van der Waals surface area (Å²) in [4.78, 5) is 31.9. The molecule has 0 radical (unpaired) electrons. The Morgan fingerprint density at radius 1 is 1.26 bits per heavy atom. The molecule has 42 heavy (non-hydrogen) atoms. The number of aromatic nitrogens is 2. The van der Waals surface area contributed by atoms with Gasteiger partial charge in [-0.1, -0.05) is 36.2 Å². The van der Waals surface area contributed by atoms with Crippen LogP contribution in [0.2, 0.25) is 5.02 Å². The van der Waals surface area contributed by atoms with Crippen LogP contribution in [0, 0.1) is 11.9 Å². The maximum atomic E-state index is 15.2. The summed E-state index contributed by atoms with van der Waals surface area (Å²) in [5.41, 5.74) is 9.84. The van der Waals surface area contributed by atoms with Crippen LogP contribution in [0.15, 0.2) is 65.6 Å². The molecule has 0 amide bonds. The lowest BCUT2D eigenvalue weighted by molar-refractivity contribution is -0.109. The molecule has 0 aliphatic carbocycles. The van der Waals surface area contributed by atoms with Gasteiger partial charge in [-0.05, 0) is 60.4 Å². The van der Waals surface area contributed by atoms with E-state index in [1.807, 2.05) is 18.0 Å². The van der Waals surface area contributed by atoms with E-state index in [1.54, 1.807) is 43.4 Å². The van der Waals surface area contributed by atoms with Crippen molar-refractivity contribution in [1.29, 1.82) is 0 Å². The molecular formula is C30H31Cl2FN6O3. The number of hydrogen-bond acceptors (Lipinski definition) is 8. The summed E-state index contributed by atoms with van der Waals surface area (Å²) < 4.78 is 20.7. The Kier molecular flexibility index (Phi) is 9.92. The topological polar surface area (TPSA) is 125 Å². The van der Waals surface area contributed by atoms with Gasteiger partial charge in [0, 0.05) is 47.8 Å². The highest BCUT2D eigenvalue weighted by Crippen LogP contribution is 2.43. The molecule has 1 aliphatic heterocycles. The second-order valence-electron chi connectivity index (χ2n) is 9.68. The van der Waals surface area contributed by atoms with Gasteiger partial charge in [0.05, 0.1) is 11.7 Å². The number of aldehydes is 2. The Bertz CT molecular complexity index is 1560. The zero-order chi connectivity index (χ0) is 30.4. The maximum absolute atomic E-state index is 15.2. The first-order chi connectivity index (χ1) is 20.2. The van der Waals surface area contributed by atoms with Crippen molar-refractivity contribution in [2.75, 3.05) is 31.3 Å². The number of carbonyl (C=O) groups is 2. The van der Waals surface area contributed by atoms with Gasteiger partial charge in [0.1, 0.15) is 35.3 Å². The molecule has 220 valence electrons. The van der Waals surface area contributed by atoms with Crippen molar-refractivity contribution >= 4 is 52.7 Å². The van der Waals surface area contributed by atoms with Crippen LogP contribution in [0.5, 0.6) is 5.75 Å². The Balaban J connectivity index is 1.67. The molecule has 2 heterocycles. The van der Waals surface area contributed by atoms with E-state index in [4.69, 9.17) is 33.7 Å². The fraction of sp³-hybridized carbons (Fsp3) is 0.233. The van der Waals surface area contributed by atoms with Gasteiger partial charge >= 0.3 is 0 Å². The van der Waals surface area contributed by atoms with Crippen LogP contribution in [-0.2, 0) is 9.59 Å². The molecule has 9 nitrogen and oxygen atoms in total. The van der Waals surface area contributed by atoms with E-state index in [-0.39, 0.29) is 29.4 Å². The van der Waals surface area contributed by atoms with E-state index in [9.17, 15) is 9.59 Å². The predicted molar refractivity (Wildman–Crippen MR) is 165 cm³/mol. The van der Waals surface area contributed by atoms with E-state index in [1.165, 1.54) is 12.3 Å². The van der Waals surface area contributed by atoms with Gasteiger partial charge in [-0.2, -0.15) is 4.39 Å². The standard InChI is InChI=1S/C30H31Cl2FN6O3/c1-17-12-25(30-37-28(29(33)38-30)19-4-6-23(35-2)26(14-19)42-11-10-41)39(3)24(17)13-18(8-9-40)21-15-20(31)5-7-22(21)36-16-27(32)34/h4-10,13-17,25,35-36H,11-12,34H2,1-3H3,(H,37,38)/b18-8+,24-13-,27-16-/t17-,25?/m1/s1. The summed E-state index contributed by atoms with van der Waals surface area (Å²) in [6.45, 7) is 1.93. The van der Waals surface area contributed by atoms with Crippen molar-refractivity contribution in [2.45, 2.75) is 19.4 Å². The fourth-order valence-corrected chi connectivity index (χ4v) is 5.23. The minimum atomic E-state index is -0.648. The molecule has 5 N–H and O–H groups in total. The van der Waals surface area contributed by atoms with Gasteiger partial charge in [0.2, 0.25) is 5.95 Å². The molecule has 1 aliphatic rings. The highest BCUT2D eigenvalue weighted by molar-refractivity contribution is 6.31. The van der Waals surface area contributed by atoms with Gasteiger partial charge in [0.15, 0.2) is 6.29 Å². The third kappa shape index (κ3) is 6.78. The Morgan fingerprint density at radius 2 is 2.02 bits per heavy atom. The number of rotatable bonds is 11. The summed E-state index contributed by atoms with van der Waals surface area (Å²) in [5.74, 6) is 0.286. The Labute approximate surface area is 253 Å². The third-order valence-electron chi connectivity index (χ3n) is 7.01. The third-order valence-corrected chi connectivity index (χ3v) is 7.35. The first-order valence-electron chi connectivity index (χ1n) is 13.1. The Morgan fingerprint density at radius 3 is 2.71 bits per heavy atom. The second-order valence-corrected chi connectivity index (χ2v) is 10.6. The molecule has 2 aromatic carbocycles. The largest absolute Gasteiger partial charge is 0.484 e. The van der Waals surface area contributed by atoms with Gasteiger partial charge < -0.3 is 31.0 Å². The molecule has 1 fully saturated rings. The Hall–Kier alpha value is -4.28. The van der Waals surface area contributed by atoms with Crippen LogP contribution in [0.4, 0.5) is 15.8 Å². The lowest BCUT2D eigenvalue weighted by atomic mass is 9.98. The molecule has 1 unspecified atom stereocenters. The normalized spacial score (nSPS) is 18.3. The predicted octanol–water partition coefficient (Wildman–Crippen LogP) is 6.08. The number of allylic oxidation sites excluding steroid dienone is 4. The molecular weight excluding hydrogens is 582 g/mol. The molecule has 3 aromatic rings. The number of aromatic amines is 1. The molecule has 12 heteroatoms. The highest BCUT2D eigenvalue weighted by Gasteiger charge is 2.35. The van der Waals surface area contributed by atoms with Gasteiger partial charge in [0.25, 0.3) is 0 Å². The summed E-state index contributed by atoms with van der Waals surface area (Å²) in [6, 6.07) is 10.1. The first kappa shape index (κ1) is 30.7. The highest BCUT2D eigenvalue weighted by atomic mass is 35.5. The number of likely N-dealkylation sites (tertiary alicyclic amines) is 1. The zero-order valence-corrected chi connectivity index (χ0v) is 24.8. The summed E-state index contributed by atoms with van der Waals surface area (Å²) >= 11 is 12.1. The van der Waals surface area contributed by atoms with Crippen LogP contribution >= 0.6 is 23.2 Å². The smallest absolute Gasteiger partial charge is 0.238 e. The zero-order valence-electron chi connectivity index (χ0n) is 23.3. The second kappa shape index (κ2) is 13.6. The van der Waals surface area contributed by atoms with E-state index in [0.29, 0.717) is 63.7 Å². The fourth-order valence-electron chi connectivity index (χ4n) is 5.00. The number of nitrogens with one attached hydrogen (secondary N) is 3. The van der Waals surface area contributed by atoms with Crippen LogP contribution < -0.4 is 21.1 Å². The summed E-state index contributed by atoms with van der Waals surface area (Å²) in [7, 11) is 3.63. The van der Waals surface area contributed by atoms with Gasteiger partial charge in [-0.15, -0.1) is 0 Å². The van der Waals surface area contributed by atoms with E-state index >= 15 is 4.39 Å². The van der Waals surface area contributed by atoms with Crippen molar-refractivity contribution in [1.82, 2.24) is 14.9 Å². The number of benzene rings is 2. The SMILES string of the molecule is CNc1ccc(-c2[nH]c(C3C[C@@H](C)/C(=C/C(=C\C=O)c4cc(Cl)ccc4N/C=C(\N)Cl)N3C)nc2F)cc1OCC=O. The maximum Gasteiger partial charge on any atom is 0.238 e. The van der Waals surface area contributed by atoms with E-state index < -0.39 is 5.95 Å². The lowest BCUT2D eigenvalue weighted by Crippen LogP contribution is -2.18. The van der Waals surface area contributed by atoms with Crippen molar-refractivity contribution in [3.05, 3.63) is 88.0 Å². The first-order valence-corrected chi connectivity index (χ1v) is 13.8. The van der Waals surface area contributed by atoms with Crippen molar-refractivity contribution in [2.24, 2.45) is 11.7 Å². The van der Waals surface area contributed by atoms with Crippen molar-refractivity contribution in [3.8, 4) is 17.0 Å². The van der Waals surface area contributed by atoms with Crippen LogP contribution in [-0.4, -0.2) is 48.1 Å². The number of hydrogen-bond donors (Lipinski definition) is 4. The molecule has 4 rings (SSSR count). The molecule has 0 saturated carbocycles. The molecule has 0 bridgehead atoms. The summed E-state index contributed by atoms with van der Waals surface area (Å²) in [5, 5.41) is 6.59. The van der Waals surface area contributed by atoms with Crippen molar-refractivity contribution < 1.29 is 18.7 Å². The van der Waals surface area contributed by atoms with Crippen LogP contribution in [0.1, 0.15) is 30.8 Å². The molecule has 1 saturated heterocycles. The number of carbonyl (C=O) groups excluding carboxylic acids is 2. The number of H-pyrrole nitrogens is 1. The average Bonchev–Trinajstić information content (AvgIpc) is 3.49. The number of imidazole rings is 1. The minimum Gasteiger partial charge on any atom is -0.484 e. The minimum absolute atomic E-state index is 0.0545. The van der Waals surface area contributed by atoms with Crippen molar-refractivity contribution in [3.63, 3.8) is 0 Å².